The molecule has 0 N–H and O–H groups in total. The molecule has 1 fully saturated rings. The van der Waals surface area contributed by atoms with Crippen molar-refractivity contribution in [1.29, 1.82) is 0 Å². The molecule has 1 saturated carbocycles. The zero-order valence-corrected chi connectivity index (χ0v) is 12.2. The summed E-state index contributed by atoms with van der Waals surface area (Å²) in [5, 5.41) is 0. The average molecular weight is 302 g/mol. The first-order chi connectivity index (χ1) is 9.93. The number of nitrogens with zero attached hydrogens (tertiary/aromatic N) is 2. The van der Waals surface area contributed by atoms with Crippen LogP contribution < -0.4 is 0 Å². The lowest BCUT2D eigenvalue weighted by atomic mass is 9.76. The first kappa shape index (κ1) is 16.0. The van der Waals surface area contributed by atoms with Gasteiger partial charge >= 0.3 is 6.18 Å². The maximum absolute atomic E-state index is 13.1. The fourth-order valence-electron chi connectivity index (χ4n) is 3.15. The highest BCUT2D eigenvalue weighted by Crippen LogP contribution is 2.42. The number of carbonyl (C=O) groups is 1. The average Bonchev–Trinajstić information content (AvgIpc) is 2.85. The summed E-state index contributed by atoms with van der Waals surface area (Å²) in [6.07, 6.45) is 1.66. The minimum atomic E-state index is -4.28. The fraction of sp³-hybridized carbons (Fsp3) is 0.733. The van der Waals surface area contributed by atoms with E-state index in [1.807, 2.05) is 11.5 Å². The van der Waals surface area contributed by atoms with Crippen LogP contribution in [0.4, 0.5) is 13.2 Å². The van der Waals surface area contributed by atoms with Crippen molar-refractivity contribution in [3.63, 3.8) is 0 Å². The molecule has 0 bridgehead atoms. The van der Waals surface area contributed by atoms with Crippen molar-refractivity contribution in [2.24, 2.45) is 11.8 Å². The van der Waals surface area contributed by atoms with Gasteiger partial charge in [-0.1, -0.05) is 19.8 Å². The van der Waals surface area contributed by atoms with E-state index in [-0.39, 0.29) is 18.6 Å². The number of aromatic nitrogens is 2. The van der Waals surface area contributed by atoms with Crippen molar-refractivity contribution >= 4 is 5.78 Å². The van der Waals surface area contributed by atoms with Crippen LogP contribution in [0.15, 0.2) is 12.4 Å². The SMILES string of the molecule is CCCn1ccnc1CC(=O)C1CCCCC1C(F)(F)F. The first-order valence-electron chi connectivity index (χ1n) is 7.53. The van der Waals surface area contributed by atoms with Gasteiger partial charge in [-0.25, -0.2) is 4.98 Å². The summed E-state index contributed by atoms with van der Waals surface area (Å²) in [5.41, 5.74) is 0. The van der Waals surface area contributed by atoms with Crippen molar-refractivity contribution in [3.05, 3.63) is 18.2 Å². The van der Waals surface area contributed by atoms with Crippen LogP contribution in [0.3, 0.4) is 0 Å². The monoisotopic (exact) mass is 302 g/mol. The maximum atomic E-state index is 13.1. The van der Waals surface area contributed by atoms with Gasteiger partial charge in [0.2, 0.25) is 0 Å². The largest absolute Gasteiger partial charge is 0.392 e. The van der Waals surface area contributed by atoms with Crippen molar-refractivity contribution in [2.75, 3.05) is 0 Å². The summed E-state index contributed by atoms with van der Waals surface area (Å²) in [7, 11) is 0. The number of hydrogen-bond acceptors (Lipinski definition) is 2. The molecule has 2 unspecified atom stereocenters. The summed E-state index contributed by atoms with van der Waals surface area (Å²) in [4.78, 5) is 16.4. The lowest BCUT2D eigenvalue weighted by Gasteiger charge is -2.32. The Morgan fingerprint density at radius 3 is 2.76 bits per heavy atom. The number of ketones is 1. The molecule has 0 aromatic carbocycles. The maximum Gasteiger partial charge on any atom is 0.392 e. The Hall–Kier alpha value is -1.33. The van der Waals surface area contributed by atoms with E-state index in [4.69, 9.17) is 0 Å². The molecular weight excluding hydrogens is 281 g/mol. The highest BCUT2D eigenvalue weighted by atomic mass is 19.4. The molecule has 1 aliphatic rings. The number of aryl methyl sites for hydroxylation is 1. The number of halogens is 3. The molecule has 0 radical (unpaired) electrons. The van der Waals surface area contributed by atoms with E-state index in [0.29, 0.717) is 25.1 Å². The molecule has 118 valence electrons. The van der Waals surface area contributed by atoms with Crippen molar-refractivity contribution in [1.82, 2.24) is 9.55 Å². The molecule has 2 rings (SSSR count). The summed E-state index contributed by atoms with van der Waals surface area (Å²) < 4.78 is 41.0. The second-order valence-electron chi connectivity index (χ2n) is 5.72. The predicted octanol–water partition coefficient (Wildman–Crippen LogP) is 3.77. The summed E-state index contributed by atoms with van der Waals surface area (Å²) in [6, 6.07) is 0. The van der Waals surface area contributed by atoms with E-state index in [2.05, 4.69) is 4.98 Å². The normalized spacial score (nSPS) is 23.2. The molecule has 1 heterocycles. The quantitative estimate of drug-likeness (QED) is 0.830. The Balaban J connectivity index is 2.09. The molecular formula is C15H21F3N2O. The molecule has 6 heteroatoms. The number of alkyl halides is 3. The lowest BCUT2D eigenvalue weighted by Crippen LogP contribution is -2.38. The molecule has 0 aliphatic heterocycles. The van der Waals surface area contributed by atoms with Crippen LogP contribution in [0.5, 0.6) is 0 Å². The van der Waals surface area contributed by atoms with Crippen molar-refractivity contribution in [2.45, 2.75) is 58.2 Å². The second-order valence-corrected chi connectivity index (χ2v) is 5.72. The topological polar surface area (TPSA) is 34.9 Å². The molecule has 1 aromatic rings. The first-order valence-corrected chi connectivity index (χ1v) is 7.53. The van der Waals surface area contributed by atoms with Gasteiger partial charge in [0, 0.05) is 24.9 Å². The van der Waals surface area contributed by atoms with Gasteiger partial charge in [0.05, 0.1) is 12.3 Å². The van der Waals surface area contributed by atoms with Gasteiger partial charge in [0.1, 0.15) is 11.6 Å². The van der Waals surface area contributed by atoms with Gasteiger partial charge in [0.25, 0.3) is 0 Å². The molecule has 0 amide bonds. The van der Waals surface area contributed by atoms with Crippen LogP contribution in [0.2, 0.25) is 0 Å². The second kappa shape index (κ2) is 6.62. The molecule has 2 atom stereocenters. The van der Waals surface area contributed by atoms with Gasteiger partial charge in [-0.3, -0.25) is 4.79 Å². The fourth-order valence-corrected chi connectivity index (χ4v) is 3.15. The van der Waals surface area contributed by atoms with Crippen molar-refractivity contribution in [3.8, 4) is 0 Å². The number of Topliss-reactive ketones (excluding diaryl/α,β-unsaturated/α-hetero) is 1. The van der Waals surface area contributed by atoms with Gasteiger partial charge in [-0.05, 0) is 19.3 Å². The van der Waals surface area contributed by atoms with Gasteiger partial charge in [-0.2, -0.15) is 13.2 Å². The van der Waals surface area contributed by atoms with Crippen molar-refractivity contribution < 1.29 is 18.0 Å². The summed E-state index contributed by atoms with van der Waals surface area (Å²) in [6.45, 7) is 2.74. The smallest absolute Gasteiger partial charge is 0.335 e. The molecule has 3 nitrogen and oxygen atoms in total. The predicted molar refractivity (Wildman–Crippen MR) is 72.7 cm³/mol. The Morgan fingerprint density at radius 1 is 1.38 bits per heavy atom. The van der Waals surface area contributed by atoms with Gasteiger partial charge in [0.15, 0.2) is 0 Å². The third-order valence-electron chi connectivity index (χ3n) is 4.20. The van der Waals surface area contributed by atoms with Gasteiger partial charge < -0.3 is 4.57 Å². The lowest BCUT2D eigenvalue weighted by molar-refractivity contribution is -0.197. The van der Waals surface area contributed by atoms with E-state index >= 15 is 0 Å². The number of carbonyl (C=O) groups excluding carboxylic acids is 1. The molecule has 0 spiro atoms. The minimum absolute atomic E-state index is 0.00421. The van der Waals surface area contributed by atoms with Gasteiger partial charge in [-0.15, -0.1) is 0 Å². The molecule has 21 heavy (non-hydrogen) atoms. The van der Waals surface area contributed by atoms with E-state index in [9.17, 15) is 18.0 Å². The standard InChI is InChI=1S/C15H21F3N2O/c1-2-8-20-9-7-19-14(20)10-13(21)11-5-3-4-6-12(11)15(16,17)18/h7,9,11-12H,2-6,8,10H2,1H3. The zero-order chi connectivity index (χ0) is 15.5. The van der Waals surface area contributed by atoms with E-state index < -0.39 is 18.0 Å². The molecule has 1 aromatic heterocycles. The Bertz CT molecular complexity index is 482. The summed E-state index contributed by atoms with van der Waals surface area (Å²) in [5.74, 6) is -2.12. The number of hydrogen-bond donors (Lipinski definition) is 0. The summed E-state index contributed by atoms with van der Waals surface area (Å²) >= 11 is 0. The van der Waals surface area contributed by atoms with Crippen LogP contribution in [0, 0.1) is 11.8 Å². The number of rotatable bonds is 5. The van der Waals surface area contributed by atoms with E-state index in [0.717, 1.165) is 13.0 Å². The molecule has 1 aliphatic carbocycles. The van der Waals surface area contributed by atoms with Crippen LogP contribution in [0.1, 0.15) is 44.9 Å². The Kier molecular flexibility index (Phi) is 5.06. The Labute approximate surface area is 122 Å². The zero-order valence-electron chi connectivity index (χ0n) is 12.2. The highest BCUT2D eigenvalue weighted by Gasteiger charge is 2.47. The van der Waals surface area contributed by atoms with Crippen LogP contribution in [-0.4, -0.2) is 21.5 Å². The van der Waals surface area contributed by atoms with Crippen LogP contribution in [-0.2, 0) is 17.8 Å². The van der Waals surface area contributed by atoms with E-state index in [1.54, 1.807) is 12.4 Å². The Morgan fingerprint density at radius 2 is 2.10 bits per heavy atom. The molecule has 0 saturated heterocycles. The minimum Gasteiger partial charge on any atom is -0.335 e. The highest BCUT2D eigenvalue weighted by molar-refractivity contribution is 5.83. The van der Waals surface area contributed by atoms with Crippen LogP contribution >= 0.6 is 0 Å². The van der Waals surface area contributed by atoms with Crippen LogP contribution in [0.25, 0.3) is 0 Å². The van der Waals surface area contributed by atoms with E-state index in [1.165, 1.54) is 0 Å². The third kappa shape index (κ3) is 3.86. The number of imidazole rings is 1. The third-order valence-corrected chi connectivity index (χ3v) is 4.20.